The fourth-order valence-electron chi connectivity index (χ4n) is 5.36. The molecule has 4 aromatic carbocycles. The largest absolute Gasteiger partial charge is 0.496 e. The van der Waals surface area contributed by atoms with Crippen LogP contribution in [-0.2, 0) is 0 Å². The Morgan fingerprint density at radius 3 is 2.11 bits per heavy atom. The van der Waals surface area contributed by atoms with Crippen molar-refractivity contribution in [3.63, 3.8) is 0 Å². The third kappa shape index (κ3) is 6.87. The smallest absolute Gasteiger partial charge is 0.167 e. The van der Waals surface area contributed by atoms with Crippen LogP contribution >= 0.6 is 11.3 Å². The highest BCUT2D eigenvalue weighted by Crippen LogP contribution is 2.36. The topological polar surface area (TPSA) is 75.8 Å². The van der Waals surface area contributed by atoms with Crippen molar-refractivity contribution in [1.29, 1.82) is 0 Å². The van der Waals surface area contributed by atoms with Gasteiger partial charge in [0.05, 0.1) is 37.6 Å². The van der Waals surface area contributed by atoms with Gasteiger partial charge in [0, 0.05) is 22.8 Å². The summed E-state index contributed by atoms with van der Waals surface area (Å²) in [4.78, 5) is 4.78. The third-order valence-corrected chi connectivity index (χ3v) is 9.20. The van der Waals surface area contributed by atoms with Crippen LogP contribution in [0.5, 0.6) is 23.0 Å². The lowest BCUT2D eigenvalue weighted by molar-refractivity contribution is 0.269. The van der Waals surface area contributed by atoms with Crippen molar-refractivity contribution in [3.05, 3.63) is 95.6 Å². The average molecular weight is 635 g/mol. The molecule has 0 aliphatic rings. The van der Waals surface area contributed by atoms with Crippen LogP contribution in [0.2, 0.25) is 0 Å². The van der Waals surface area contributed by atoms with Gasteiger partial charge in [-0.25, -0.2) is 4.98 Å². The van der Waals surface area contributed by atoms with Gasteiger partial charge < -0.3 is 23.5 Å². The Labute approximate surface area is 273 Å². The monoisotopic (exact) mass is 634 g/mol. The van der Waals surface area contributed by atoms with E-state index in [9.17, 15) is 0 Å². The number of unbranched alkanes of at least 4 members (excludes halogenated alkanes) is 2. The Morgan fingerprint density at radius 1 is 0.652 bits per heavy atom. The van der Waals surface area contributed by atoms with E-state index in [1.54, 1.807) is 25.6 Å². The van der Waals surface area contributed by atoms with E-state index in [2.05, 4.69) is 55.4 Å². The molecular weight excluding hydrogens is 596 g/mol. The van der Waals surface area contributed by atoms with Crippen LogP contribution in [0.1, 0.15) is 36.0 Å². The van der Waals surface area contributed by atoms with Gasteiger partial charge in [-0.2, -0.15) is 0 Å². The van der Waals surface area contributed by atoms with Crippen molar-refractivity contribution in [2.45, 2.75) is 40.0 Å². The molecule has 0 bridgehead atoms. The molecule has 0 saturated carbocycles. The summed E-state index contributed by atoms with van der Waals surface area (Å²) in [6, 6.07) is 26.3. The Balaban J connectivity index is 0.998. The average Bonchev–Trinajstić information content (AvgIpc) is 3.74. The van der Waals surface area contributed by atoms with Crippen LogP contribution in [-0.4, -0.2) is 37.6 Å². The zero-order valence-corrected chi connectivity index (χ0v) is 27.7. The van der Waals surface area contributed by atoms with Gasteiger partial charge in [-0.15, -0.1) is 11.3 Å². The molecule has 0 amide bonds. The maximum Gasteiger partial charge on any atom is 0.167 e. The molecule has 7 nitrogen and oxygen atoms in total. The molecule has 0 N–H and O–H groups in total. The first-order chi connectivity index (χ1) is 22.4. The van der Waals surface area contributed by atoms with E-state index >= 15 is 0 Å². The lowest BCUT2D eigenvalue weighted by Gasteiger charge is -2.12. The molecule has 0 radical (unpaired) electrons. The number of nitrogens with zero attached hydrogens (tertiary/aromatic N) is 2. The van der Waals surface area contributed by atoms with Crippen LogP contribution in [0, 0.1) is 20.8 Å². The summed E-state index contributed by atoms with van der Waals surface area (Å²) in [5, 5.41) is 5.35. The van der Waals surface area contributed by atoms with E-state index in [0.29, 0.717) is 30.5 Å². The van der Waals surface area contributed by atoms with Gasteiger partial charge in [-0.3, -0.25) is 0 Å². The normalized spacial score (nSPS) is 11.2. The van der Waals surface area contributed by atoms with E-state index in [-0.39, 0.29) is 0 Å². The van der Waals surface area contributed by atoms with Crippen molar-refractivity contribution in [2.24, 2.45) is 0 Å². The highest BCUT2D eigenvalue weighted by molar-refractivity contribution is 7.21. The number of hydrogen-bond donors (Lipinski definition) is 0. The second-order valence-corrected chi connectivity index (χ2v) is 12.3. The predicted molar refractivity (Wildman–Crippen MR) is 185 cm³/mol. The number of aryl methyl sites for hydroxylation is 2. The van der Waals surface area contributed by atoms with E-state index in [4.69, 9.17) is 28.5 Å². The molecule has 0 saturated heterocycles. The van der Waals surface area contributed by atoms with E-state index in [0.717, 1.165) is 80.4 Å². The number of hydrogen-bond acceptors (Lipinski definition) is 8. The number of fused-ring (bicyclic) bond motifs is 1. The van der Waals surface area contributed by atoms with Gasteiger partial charge >= 0.3 is 0 Å². The van der Waals surface area contributed by atoms with Gasteiger partial charge in [-0.1, -0.05) is 17.3 Å². The second kappa shape index (κ2) is 14.1. The van der Waals surface area contributed by atoms with Crippen LogP contribution in [0.15, 0.2) is 83.4 Å². The molecule has 236 valence electrons. The fraction of sp³-hybridized carbons (Fsp3) is 0.263. The molecular formula is C38H38N2O5S. The number of benzene rings is 4. The standard InChI is InChI=1S/C38H38N2O5S/c1-24-19-29(22-34(42-5)26(24)3)31-23-35(45-40-31)27-13-16-33(41-4)36(21-27)44-18-10-6-9-17-43-32-15-14-28(20-25(32)2)38-39-30-11-7-8-12-37(30)46-38/h7-8,11-16,19-23H,6,9-10,17-18H2,1-5H3. The summed E-state index contributed by atoms with van der Waals surface area (Å²) < 4.78 is 30.3. The fourth-order valence-corrected chi connectivity index (χ4v) is 6.32. The molecule has 6 rings (SSSR count). The van der Waals surface area contributed by atoms with Gasteiger partial charge in [0.2, 0.25) is 0 Å². The molecule has 2 heterocycles. The minimum atomic E-state index is 0.569. The summed E-state index contributed by atoms with van der Waals surface area (Å²) in [5.41, 5.74) is 8.07. The van der Waals surface area contributed by atoms with Crippen molar-refractivity contribution in [3.8, 4) is 56.2 Å². The zero-order chi connectivity index (χ0) is 32.0. The SMILES string of the molecule is COc1ccc(-c2cc(-c3cc(C)c(C)c(OC)c3)no2)cc1OCCCCCOc1ccc(-c2nc3ccccc3s2)cc1C. The minimum Gasteiger partial charge on any atom is -0.496 e. The zero-order valence-electron chi connectivity index (χ0n) is 26.9. The highest BCUT2D eigenvalue weighted by Gasteiger charge is 2.15. The Morgan fingerprint density at radius 2 is 1.35 bits per heavy atom. The number of methoxy groups -OCH3 is 2. The first-order valence-electron chi connectivity index (χ1n) is 15.5. The number of ether oxygens (including phenoxy) is 4. The summed E-state index contributed by atoms with van der Waals surface area (Å²) >= 11 is 1.71. The molecule has 2 aromatic heterocycles. The number of rotatable bonds is 13. The summed E-state index contributed by atoms with van der Waals surface area (Å²) in [5.74, 6) is 3.74. The van der Waals surface area contributed by atoms with E-state index in [1.807, 2.05) is 49.4 Å². The van der Waals surface area contributed by atoms with Crippen molar-refractivity contribution >= 4 is 21.6 Å². The number of aromatic nitrogens is 2. The molecule has 0 aliphatic carbocycles. The molecule has 8 heteroatoms. The van der Waals surface area contributed by atoms with Gasteiger partial charge in [0.15, 0.2) is 17.3 Å². The Kier molecular flexibility index (Phi) is 9.54. The summed E-state index contributed by atoms with van der Waals surface area (Å²) in [7, 11) is 3.32. The van der Waals surface area contributed by atoms with Gasteiger partial charge in [-0.05, 0) is 117 Å². The predicted octanol–water partition coefficient (Wildman–Crippen LogP) is 9.86. The molecule has 6 aromatic rings. The lowest BCUT2D eigenvalue weighted by atomic mass is 10.0. The summed E-state index contributed by atoms with van der Waals surface area (Å²) in [6.45, 7) is 7.42. The van der Waals surface area contributed by atoms with Gasteiger partial charge in [0.25, 0.3) is 0 Å². The Hall–Kier alpha value is -4.82. The maximum atomic E-state index is 6.15. The van der Waals surface area contributed by atoms with Crippen LogP contribution in [0.4, 0.5) is 0 Å². The quantitative estimate of drug-likeness (QED) is 0.117. The first kappa shape index (κ1) is 31.2. The van der Waals surface area contributed by atoms with E-state index in [1.165, 1.54) is 4.70 Å². The van der Waals surface area contributed by atoms with Crippen LogP contribution in [0.25, 0.3) is 43.4 Å². The first-order valence-corrected chi connectivity index (χ1v) is 16.3. The number of thiazole rings is 1. The molecule has 0 atom stereocenters. The molecule has 0 unspecified atom stereocenters. The van der Waals surface area contributed by atoms with Crippen LogP contribution in [0.3, 0.4) is 0 Å². The Bertz CT molecular complexity index is 1930. The van der Waals surface area contributed by atoms with Gasteiger partial charge in [0.1, 0.15) is 22.2 Å². The molecule has 0 aliphatic heterocycles. The molecule has 0 spiro atoms. The molecule has 0 fully saturated rings. The van der Waals surface area contributed by atoms with Crippen molar-refractivity contribution in [2.75, 3.05) is 27.4 Å². The third-order valence-electron chi connectivity index (χ3n) is 8.11. The highest BCUT2D eigenvalue weighted by atomic mass is 32.1. The molecule has 46 heavy (non-hydrogen) atoms. The number of para-hydroxylation sites is 1. The minimum absolute atomic E-state index is 0.569. The van der Waals surface area contributed by atoms with Crippen LogP contribution < -0.4 is 18.9 Å². The van der Waals surface area contributed by atoms with Crippen molar-refractivity contribution in [1.82, 2.24) is 10.1 Å². The summed E-state index contributed by atoms with van der Waals surface area (Å²) in [6.07, 6.45) is 2.81. The lowest BCUT2D eigenvalue weighted by Crippen LogP contribution is -2.02. The second-order valence-electron chi connectivity index (χ2n) is 11.3. The van der Waals surface area contributed by atoms with Crippen molar-refractivity contribution < 1.29 is 23.5 Å². The van der Waals surface area contributed by atoms with E-state index < -0.39 is 0 Å². The maximum absolute atomic E-state index is 6.15.